The molecule has 0 aliphatic rings. The molecule has 5 rings (SSSR count). The van der Waals surface area contributed by atoms with Gasteiger partial charge in [0.1, 0.15) is 5.82 Å². The van der Waals surface area contributed by atoms with Gasteiger partial charge >= 0.3 is 5.76 Å². The standard InChI is InChI=1S/C27H19ClFN3O2S/c1-2-20(21-10-9-19(29)14-22(21)28)26(18-8-11-24-23(13-18)30-15-35-24)17-6-3-16(4-7-17)5-12-25-31-27(33)34-32-25/h3-15H,2H2,1H3,(H,31,32,33)/b12-5+,26-20+. The first-order valence-corrected chi connectivity index (χ1v) is 12.1. The number of allylic oxidation sites excluding steroid dienone is 1. The number of hydrogen-bond acceptors (Lipinski definition) is 5. The number of fused-ring (bicyclic) bond motifs is 1. The number of H-pyrrole nitrogens is 1. The molecule has 2 heterocycles. The van der Waals surface area contributed by atoms with Crippen molar-refractivity contribution < 1.29 is 8.91 Å². The molecule has 0 unspecified atom stereocenters. The lowest BCUT2D eigenvalue weighted by Gasteiger charge is -2.17. The number of aromatic nitrogens is 3. The van der Waals surface area contributed by atoms with E-state index in [1.165, 1.54) is 12.1 Å². The minimum absolute atomic E-state index is 0.343. The Balaban J connectivity index is 1.63. The smallest absolute Gasteiger partial charge is 0.296 e. The van der Waals surface area contributed by atoms with Gasteiger partial charge < -0.3 is 0 Å². The summed E-state index contributed by atoms with van der Waals surface area (Å²) in [5, 5.41) is 4.01. The Morgan fingerprint density at radius 2 is 1.89 bits per heavy atom. The Bertz CT molecular complexity index is 1630. The number of halogens is 2. The molecule has 1 N–H and O–H groups in total. The SMILES string of the molecule is CC/C(=C(/c1ccc(/C=C/c2noc(=O)[nH]2)cc1)c1ccc2scnc2c1)c1ccc(F)cc1Cl. The van der Waals surface area contributed by atoms with Crippen molar-refractivity contribution in [2.75, 3.05) is 0 Å². The number of hydrogen-bond donors (Lipinski definition) is 1. The molecule has 0 aliphatic heterocycles. The molecule has 8 heteroatoms. The minimum atomic E-state index is -0.599. The first-order valence-electron chi connectivity index (χ1n) is 10.9. The lowest BCUT2D eigenvalue weighted by atomic mass is 9.87. The average Bonchev–Trinajstić information content (AvgIpc) is 3.50. The van der Waals surface area contributed by atoms with Crippen molar-refractivity contribution >= 4 is 56.5 Å². The van der Waals surface area contributed by atoms with Gasteiger partial charge in [-0.3, -0.25) is 9.51 Å². The van der Waals surface area contributed by atoms with Gasteiger partial charge in [-0.15, -0.1) is 11.3 Å². The predicted molar refractivity (Wildman–Crippen MR) is 140 cm³/mol. The van der Waals surface area contributed by atoms with Gasteiger partial charge in [-0.1, -0.05) is 66.2 Å². The van der Waals surface area contributed by atoms with Crippen molar-refractivity contribution in [1.82, 2.24) is 15.1 Å². The third-order valence-electron chi connectivity index (χ3n) is 5.62. The summed E-state index contributed by atoms with van der Waals surface area (Å²) in [7, 11) is 0. The molecule has 0 radical (unpaired) electrons. The van der Waals surface area contributed by atoms with Gasteiger partial charge in [0.15, 0.2) is 5.82 Å². The molecular weight excluding hydrogens is 485 g/mol. The summed E-state index contributed by atoms with van der Waals surface area (Å²) >= 11 is 8.09. The summed E-state index contributed by atoms with van der Waals surface area (Å²) in [4.78, 5) is 18.1. The van der Waals surface area contributed by atoms with Crippen LogP contribution in [0.5, 0.6) is 0 Å². The van der Waals surface area contributed by atoms with E-state index in [0.29, 0.717) is 17.3 Å². The van der Waals surface area contributed by atoms with Gasteiger partial charge in [0.25, 0.3) is 0 Å². The van der Waals surface area contributed by atoms with E-state index >= 15 is 0 Å². The Morgan fingerprint density at radius 1 is 1.09 bits per heavy atom. The zero-order chi connectivity index (χ0) is 24.4. The zero-order valence-corrected chi connectivity index (χ0v) is 20.2. The first kappa shape index (κ1) is 23.0. The van der Waals surface area contributed by atoms with Crippen LogP contribution >= 0.6 is 22.9 Å². The minimum Gasteiger partial charge on any atom is -0.296 e. The Morgan fingerprint density at radius 3 is 2.60 bits per heavy atom. The van der Waals surface area contributed by atoms with Crippen LogP contribution in [-0.4, -0.2) is 15.1 Å². The van der Waals surface area contributed by atoms with Crippen LogP contribution in [0.4, 0.5) is 4.39 Å². The van der Waals surface area contributed by atoms with Crippen molar-refractivity contribution in [1.29, 1.82) is 0 Å². The maximum atomic E-state index is 13.8. The fourth-order valence-corrected chi connectivity index (χ4v) is 4.95. The molecule has 0 saturated carbocycles. The van der Waals surface area contributed by atoms with E-state index in [1.807, 2.05) is 35.9 Å². The molecule has 0 saturated heterocycles. The highest BCUT2D eigenvalue weighted by Gasteiger charge is 2.16. The molecule has 0 aliphatic carbocycles. The van der Waals surface area contributed by atoms with Crippen molar-refractivity contribution in [2.45, 2.75) is 13.3 Å². The van der Waals surface area contributed by atoms with E-state index in [9.17, 15) is 9.18 Å². The average molecular weight is 504 g/mol. The van der Waals surface area contributed by atoms with Gasteiger partial charge in [0.2, 0.25) is 0 Å². The fraction of sp³-hybridized carbons (Fsp3) is 0.0741. The van der Waals surface area contributed by atoms with Crippen LogP contribution in [0.1, 0.15) is 41.4 Å². The Kier molecular flexibility index (Phi) is 6.44. The molecule has 5 nitrogen and oxygen atoms in total. The second-order valence-corrected chi connectivity index (χ2v) is 9.10. The number of aromatic amines is 1. The summed E-state index contributed by atoms with van der Waals surface area (Å²) in [5.74, 6) is -0.627. The summed E-state index contributed by atoms with van der Waals surface area (Å²) in [5.41, 5.74) is 8.48. The molecule has 0 amide bonds. The highest BCUT2D eigenvalue weighted by Crippen LogP contribution is 2.38. The van der Waals surface area contributed by atoms with E-state index in [2.05, 4.69) is 44.8 Å². The molecular formula is C27H19ClFN3O2S. The van der Waals surface area contributed by atoms with Crippen LogP contribution in [0, 0.1) is 5.82 Å². The van der Waals surface area contributed by atoms with Crippen LogP contribution in [0.2, 0.25) is 5.02 Å². The van der Waals surface area contributed by atoms with Crippen LogP contribution in [0.3, 0.4) is 0 Å². The molecule has 2 aromatic heterocycles. The second kappa shape index (κ2) is 9.82. The molecule has 3 aromatic carbocycles. The van der Waals surface area contributed by atoms with Gasteiger partial charge in [-0.05, 0) is 70.2 Å². The van der Waals surface area contributed by atoms with Crippen molar-refractivity contribution in [3.8, 4) is 0 Å². The molecule has 0 fully saturated rings. The molecule has 35 heavy (non-hydrogen) atoms. The Hall–Kier alpha value is -3.81. The van der Waals surface area contributed by atoms with Crippen LogP contribution in [0.25, 0.3) is 33.5 Å². The predicted octanol–water partition coefficient (Wildman–Crippen LogP) is 7.30. The topological polar surface area (TPSA) is 71.8 Å². The number of benzene rings is 3. The monoisotopic (exact) mass is 503 g/mol. The maximum absolute atomic E-state index is 13.8. The van der Waals surface area contributed by atoms with E-state index < -0.39 is 5.76 Å². The van der Waals surface area contributed by atoms with Crippen LogP contribution in [0.15, 0.2) is 75.5 Å². The molecule has 0 atom stereocenters. The van der Waals surface area contributed by atoms with Gasteiger partial charge in [0.05, 0.1) is 20.7 Å². The maximum Gasteiger partial charge on any atom is 0.439 e. The van der Waals surface area contributed by atoms with Crippen LogP contribution < -0.4 is 5.76 Å². The third kappa shape index (κ3) is 4.87. The molecule has 174 valence electrons. The third-order valence-corrected chi connectivity index (χ3v) is 6.74. The first-order chi connectivity index (χ1) is 17.0. The highest BCUT2D eigenvalue weighted by atomic mass is 35.5. The zero-order valence-electron chi connectivity index (χ0n) is 18.6. The lowest BCUT2D eigenvalue weighted by Crippen LogP contribution is -1.96. The highest BCUT2D eigenvalue weighted by molar-refractivity contribution is 7.16. The van der Waals surface area contributed by atoms with Gasteiger partial charge in [-0.2, -0.15) is 0 Å². The number of nitrogens with zero attached hydrogens (tertiary/aromatic N) is 2. The summed E-state index contributed by atoms with van der Waals surface area (Å²) in [6.45, 7) is 2.06. The van der Waals surface area contributed by atoms with E-state index in [1.54, 1.807) is 23.5 Å². The summed E-state index contributed by atoms with van der Waals surface area (Å²) in [6.07, 6.45) is 4.19. The quantitative estimate of drug-likeness (QED) is 0.247. The molecule has 0 spiro atoms. The van der Waals surface area contributed by atoms with E-state index in [0.717, 1.165) is 43.6 Å². The van der Waals surface area contributed by atoms with Crippen molar-refractivity contribution in [3.63, 3.8) is 0 Å². The summed E-state index contributed by atoms with van der Waals surface area (Å²) < 4.78 is 19.4. The van der Waals surface area contributed by atoms with Crippen LogP contribution in [-0.2, 0) is 0 Å². The van der Waals surface area contributed by atoms with Crippen molar-refractivity contribution in [3.05, 3.63) is 116 Å². The largest absolute Gasteiger partial charge is 0.439 e. The molecule has 0 bridgehead atoms. The number of rotatable bonds is 6. The number of nitrogens with one attached hydrogen (secondary N) is 1. The lowest BCUT2D eigenvalue weighted by molar-refractivity contribution is 0.385. The Labute approximate surface area is 209 Å². The van der Waals surface area contributed by atoms with Gasteiger partial charge in [-0.25, -0.2) is 14.2 Å². The second-order valence-electron chi connectivity index (χ2n) is 7.80. The summed E-state index contributed by atoms with van der Waals surface area (Å²) in [6, 6.07) is 18.7. The molecule has 5 aromatic rings. The number of thiazole rings is 1. The van der Waals surface area contributed by atoms with E-state index in [4.69, 9.17) is 11.6 Å². The fourth-order valence-electron chi connectivity index (χ4n) is 4.01. The van der Waals surface area contributed by atoms with Gasteiger partial charge in [0, 0.05) is 0 Å². The van der Waals surface area contributed by atoms with E-state index in [-0.39, 0.29) is 5.82 Å². The normalized spacial score (nSPS) is 12.4. The van der Waals surface area contributed by atoms with Crippen molar-refractivity contribution in [2.24, 2.45) is 0 Å².